The molecule has 1 aliphatic rings. The zero-order valence-electron chi connectivity index (χ0n) is 12.1. The number of likely N-dealkylation sites (N-methyl/N-ethyl adjacent to an activating group) is 1. The van der Waals surface area contributed by atoms with Crippen molar-refractivity contribution in [2.45, 2.75) is 16.9 Å². The smallest absolute Gasteiger partial charge is 0.266 e. The summed E-state index contributed by atoms with van der Waals surface area (Å²) in [6.07, 6.45) is 1.74. The van der Waals surface area contributed by atoms with Gasteiger partial charge in [-0.2, -0.15) is 0 Å². The second-order valence-corrected chi connectivity index (χ2v) is 7.83. The summed E-state index contributed by atoms with van der Waals surface area (Å²) in [5.41, 5.74) is 0. The van der Waals surface area contributed by atoms with E-state index < -0.39 is 0 Å². The maximum atomic E-state index is 12.2. The lowest BCUT2D eigenvalue weighted by Gasteiger charge is -2.09. The highest BCUT2D eigenvalue weighted by atomic mass is 35.5. The second kappa shape index (κ2) is 7.13. The lowest BCUT2D eigenvalue weighted by molar-refractivity contribution is -0.121. The normalized spacial score (nSPS) is 16.6. The third kappa shape index (κ3) is 3.83. The molecule has 0 saturated carbocycles. The van der Waals surface area contributed by atoms with Crippen molar-refractivity contribution in [3.8, 4) is 0 Å². The number of thioether (sulfide) groups is 1. The summed E-state index contributed by atoms with van der Waals surface area (Å²) in [6.45, 7) is 2.49. The number of carbonyl (C=O) groups excluding carboxylic acids is 1. The number of benzene rings is 1. The van der Waals surface area contributed by atoms with Crippen LogP contribution in [0.3, 0.4) is 0 Å². The summed E-state index contributed by atoms with van der Waals surface area (Å²) in [5, 5.41) is 1.46. The van der Waals surface area contributed by atoms with Gasteiger partial charge >= 0.3 is 0 Å². The molecule has 0 bridgehead atoms. The quantitative estimate of drug-likeness (QED) is 0.529. The van der Waals surface area contributed by atoms with Gasteiger partial charge in [0.1, 0.15) is 10.1 Å². The molecular formula is C16H12ClNO2S3. The van der Waals surface area contributed by atoms with Crippen molar-refractivity contribution in [3.05, 3.63) is 52.1 Å². The van der Waals surface area contributed by atoms with E-state index >= 15 is 0 Å². The Kier molecular flexibility index (Phi) is 5.16. The molecule has 0 unspecified atom stereocenters. The van der Waals surface area contributed by atoms with Crippen molar-refractivity contribution in [2.24, 2.45) is 0 Å². The minimum atomic E-state index is -0.0641. The van der Waals surface area contributed by atoms with Crippen LogP contribution in [0.15, 0.2) is 55.7 Å². The molecule has 0 N–H and O–H groups in total. The van der Waals surface area contributed by atoms with Gasteiger partial charge in [0.05, 0.1) is 4.91 Å². The molecule has 23 heavy (non-hydrogen) atoms. The zero-order valence-corrected chi connectivity index (χ0v) is 15.3. The van der Waals surface area contributed by atoms with Gasteiger partial charge in [0.25, 0.3) is 5.91 Å². The lowest BCUT2D eigenvalue weighted by atomic mass is 10.3. The summed E-state index contributed by atoms with van der Waals surface area (Å²) in [4.78, 5) is 15.4. The molecule has 0 spiro atoms. The Bertz CT molecular complexity index is 783. The van der Waals surface area contributed by atoms with Crippen LogP contribution in [0, 0.1) is 0 Å². The van der Waals surface area contributed by atoms with E-state index in [1.807, 2.05) is 43.3 Å². The van der Waals surface area contributed by atoms with E-state index in [9.17, 15) is 4.79 Å². The average Bonchev–Trinajstić information content (AvgIpc) is 3.07. The number of amides is 1. The maximum Gasteiger partial charge on any atom is 0.266 e. The minimum absolute atomic E-state index is 0.0641. The first kappa shape index (κ1) is 16.6. The molecule has 1 fully saturated rings. The highest BCUT2D eigenvalue weighted by molar-refractivity contribution is 8.26. The number of halogens is 1. The first-order chi connectivity index (χ1) is 11.1. The molecular weight excluding hydrogens is 370 g/mol. The Morgan fingerprint density at radius 1 is 1.30 bits per heavy atom. The van der Waals surface area contributed by atoms with Gasteiger partial charge in [-0.25, -0.2) is 0 Å². The monoisotopic (exact) mass is 381 g/mol. The summed E-state index contributed by atoms with van der Waals surface area (Å²) < 4.78 is 6.35. The fourth-order valence-electron chi connectivity index (χ4n) is 1.99. The van der Waals surface area contributed by atoms with Crippen molar-refractivity contribution in [2.75, 3.05) is 6.54 Å². The van der Waals surface area contributed by atoms with E-state index in [0.29, 0.717) is 26.6 Å². The van der Waals surface area contributed by atoms with Crippen molar-refractivity contribution < 1.29 is 9.21 Å². The SMILES string of the molecule is CCN1C(=O)C(=Cc2ccc(Sc3ccc(Cl)cc3)o2)SC1=S. The Balaban J connectivity index is 1.75. The van der Waals surface area contributed by atoms with Crippen molar-refractivity contribution in [1.82, 2.24) is 4.90 Å². The van der Waals surface area contributed by atoms with Gasteiger partial charge in [-0.15, -0.1) is 0 Å². The van der Waals surface area contributed by atoms with E-state index in [1.165, 1.54) is 23.5 Å². The average molecular weight is 382 g/mol. The van der Waals surface area contributed by atoms with Crippen molar-refractivity contribution in [3.63, 3.8) is 0 Å². The molecule has 1 aliphatic heterocycles. The van der Waals surface area contributed by atoms with E-state index in [2.05, 4.69) is 0 Å². The highest BCUT2D eigenvalue weighted by Crippen LogP contribution is 2.34. The van der Waals surface area contributed by atoms with Crippen LogP contribution in [-0.2, 0) is 4.79 Å². The molecule has 7 heteroatoms. The number of nitrogens with zero attached hydrogens (tertiary/aromatic N) is 1. The highest BCUT2D eigenvalue weighted by Gasteiger charge is 2.30. The Labute approximate surface area is 153 Å². The molecule has 3 nitrogen and oxygen atoms in total. The van der Waals surface area contributed by atoms with Gasteiger partial charge in [0.2, 0.25) is 0 Å². The molecule has 0 aliphatic carbocycles. The molecule has 118 valence electrons. The number of furan rings is 1. The predicted octanol–water partition coefficient (Wildman–Crippen LogP) is 5.31. The third-order valence-corrected chi connectivity index (χ3v) is 5.66. The fraction of sp³-hybridized carbons (Fsp3) is 0.125. The Morgan fingerprint density at radius 2 is 2.04 bits per heavy atom. The second-order valence-electron chi connectivity index (χ2n) is 4.64. The number of thiocarbonyl (C=S) groups is 1. The van der Waals surface area contributed by atoms with Gasteiger partial charge < -0.3 is 4.42 Å². The van der Waals surface area contributed by atoms with Crippen LogP contribution in [0.25, 0.3) is 6.08 Å². The summed E-state index contributed by atoms with van der Waals surface area (Å²) in [7, 11) is 0. The predicted molar refractivity (Wildman–Crippen MR) is 99.8 cm³/mol. The molecule has 2 aromatic rings. The Hall–Kier alpha value is -1.21. The van der Waals surface area contributed by atoms with Gasteiger partial charge in [-0.1, -0.05) is 47.3 Å². The number of rotatable bonds is 4. The van der Waals surface area contributed by atoms with Crippen molar-refractivity contribution in [1.29, 1.82) is 0 Å². The molecule has 1 aromatic carbocycles. The molecule has 1 amide bonds. The van der Waals surface area contributed by atoms with Crippen LogP contribution in [0.1, 0.15) is 12.7 Å². The number of hydrogen-bond acceptors (Lipinski definition) is 5. The first-order valence-electron chi connectivity index (χ1n) is 6.85. The van der Waals surface area contributed by atoms with Gasteiger partial charge in [-0.3, -0.25) is 9.69 Å². The van der Waals surface area contributed by atoms with Gasteiger partial charge in [0.15, 0.2) is 5.09 Å². The number of carbonyl (C=O) groups is 1. The molecule has 1 aromatic heterocycles. The largest absolute Gasteiger partial charge is 0.450 e. The molecule has 0 radical (unpaired) electrons. The van der Waals surface area contributed by atoms with E-state index in [0.717, 1.165) is 9.99 Å². The van der Waals surface area contributed by atoms with E-state index in [1.54, 1.807) is 11.0 Å². The Morgan fingerprint density at radius 3 is 2.70 bits per heavy atom. The third-order valence-electron chi connectivity index (χ3n) is 3.10. The van der Waals surface area contributed by atoms with Gasteiger partial charge in [-0.05, 0) is 43.3 Å². The van der Waals surface area contributed by atoms with Crippen LogP contribution in [-0.4, -0.2) is 21.7 Å². The summed E-state index contributed by atoms with van der Waals surface area (Å²) >= 11 is 13.9. The lowest BCUT2D eigenvalue weighted by Crippen LogP contribution is -2.27. The minimum Gasteiger partial charge on any atom is -0.450 e. The standard InChI is InChI=1S/C16H12ClNO2S3/c1-2-18-15(19)13(23-16(18)21)9-11-5-8-14(20-11)22-12-6-3-10(17)4-7-12/h3-9H,2H2,1H3. The van der Waals surface area contributed by atoms with Gasteiger partial charge in [0, 0.05) is 22.5 Å². The molecule has 1 saturated heterocycles. The van der Waals surface area contributed by atoms with Crippen LogP contribution in [0.2, 0.25) is 5.02 Å². The van der Waals surface area contributed by atoms with E-state index in [4.69, 9.17) is 28.2 Å². The van der Waals surface area contributed by atoms with Crippen LogP contribution < -0.4 is 0 Å². The molecule has 3 rings (SSSR count). The molecule has 2 heterocycles. The maximum absolute atomic E-state index is 12.2. The zero-order chi connectivity index (χ0) is 16.4. The summed E-state index contributed by atoms with van der Waals surface area (Å²) in [6, 6.07) is 11.3. The topological polar surface area (TPSA) is 33.5 Å². The first-order valence-corrected chi connectivity index (χ1v) is 9.27. The van der Waals surface area contributed by atoms with Crippen molar-refractivity contribution >= 4 is 63.6 Å². The fourth-order valence-corrected chi connectivity index (χ4v) is 4.26. The summed E-state index contributed by atoms with van der Waals surface area (Å²) in [5.74, 6) is 0.573. The van der Waals surface area contributed by atoms with E-state index in [-0.39, 0.29) is 5.91 Å². The number of hydrogen-bond donors (Lipinski definition) is 0. The van der Waals surface area contributed by atoms with Crippen LogP contribution >= 0.6 is 47.3 Å². The van der Waals surface area contributed by atoms with Crippen LogP contribution in [0.4, 0.5) is 0 Å². The van der Waals surface area contributed by atoms with Crippen LogP contribution in [0.5, 0.6) is 0 Å². The molecule has 0 atom stereocenters.